The molecule has 0 fully saturated rings. The molecule has 5 nitrogen and oxygen atoms in total. The molecule has 0 atom stereocenters. The Morgan fingerprint density at radius 3 is 2.89 bits per heavy atom. The molecule has 5 heteroatoms. The van der Waals surface area contributed by atoms with Crippen LogP contribution in [-0.4, -0.2) is 22.1 Å². The number of rotatable bonds is 2. The summed E-state index contributed by atoms with van der Waals surface area (Å²) in [5.41, 5.74) is 6.97. The summed E-state index contributed by atoms with van der Waals surface area (Å²) in [5.74, 6) is 1.33. The molecular formula is C13H12N4O. The third kappa shape index (κ3) is 1.65. The third-order valence-electron chi connectivity index (χ3n) is 2.81. The van der Waals surface area contributed by atoms with Crippen molar-refractivity contribution in [3.8, 4) is 5.75 Å². The van der Waals surface area contributed by atoms with E-state index < -0.39 is 0 Å². The zero-order valence-corrected chi connectivity index (χ0v) is 9.92. The Kier molecular flexibility index (Phi) is 2.53. The number of hydrogen-bond donors (Lipinski definition) is 1. The Morgan fingerprint density at radius 2 is 2.11 bits per heavy atom. The molecule has 0 unspecified atom stereocenters. The zero-order valence-electron chi connectivity index (χ0n) is 9.92. The quantitative estimate of drug-likeness (QED) is 0.689. The Labute approximate surface area is 104 Å². The predicted molar refractivity (Wildman–Crippen MR) is 69.3 cm³/mol. The van der Waals surface area contributed by atoms with Gasteiger partial charge in [-0.1, -0.05) is 12.1 Å². The average molecular weight is 240 g/mol. The standard InChI is InChI=1S/C13H12N4O/c1-18-10-4-2-3-8-5-9-7-15-11(6-14)16-13(9)17-12(8)10/h2-5,7H,6,14H2,1H3. The largest absolute Gasteiger partial charge is 0.494 e. The first-order chi connectivity index (χ1) is 8.81. The van der Waals surface area contributed by atoms with Gasteiger partial charge in [-0.25, -0.2) is 15.0 Å². The summed E-state index contributed by atoms with van der Waals surface area (Å²) in [6, 6.07) is 7.80. The Balaban J connectivity index is 2.36. The van der Waals surface area contributed by atoms with Crippen molar-refractivity contribution in [1.29, 1.82) is 0 Å². The van der Waals surface area contributed by atoms with Gasteiger partial charge >= 0.3 is 0 Å². The van der Waals surface area contributed by atoms with Crippen LogP contribution < -0.4 is 10.5 Å². The van der Waals surface area contributed by atoms with Crippen molar-refractivity contribution < 1.29 is 4.74 Å². The Bertz CT molecular complexity index is 727. The van der Waals surface area contributed by atoms with Crippen molar-refractivity contribution in [3.63, 3.8) is 0 Å². The van der Waals surface area contributed by atoms with Gasteiger partial charge in [0.05, 0.1) is 13.7 Å². The molecule has 2 aromatic heterocycles. The normalized spacial score (nSPS) is 11.0. The number of benzene rings is 1. The minimum atomic E-state index is 0.307. The molecule has 0 aliphatic heterocycles. The number of nitrogens with two attached hydrogens (primary N) is 1. The highest BCUT2D eigenvalue weighted by molar-refractivity contribution is 5.93. The fourth-order valence-electron chi connectivity index (χ4n) is 1.92. The summed E-state index contributed by atoms with van der Waals surface area (Å²) in [4.78, 5) is 13.0. The lowest BCUT2D eigenvalue weighted by molar-refractivity contribution is 0.419. The van der Waals surface area contributed by atoms with Crippen molar-refractivity contribution in [2.24, 2.45) is 5.73 Å². The highest BCUT2D eigenvalue weighted by Gasteiger charge is 2.06. The van der Waals surface area contributed by atoms with Crippen LogP contribution in [0.3, 0.4) is 0 Å². The molecule has 90 valence electrons. The van der Waals surface area contributed by atoms with E-state index in [1.807, 2.05) is 24.3 Å². The molecule has 0 radical (unpaired) electrons. The molecule has 0 amide bonds. The van der Waals surface area contributed by atoms with Crippen LogP contribution >= 0.6 is 0 Å². The molecule has 1 aromatic carbocycles. The maximum atomic E-state index is 5.53. The van der Waals surface area contributed by atoms with Gasteiger partial charge in [-0.3, -0.25) is 0 Å². The molecule has 0 saturated heterocycles. The summed E-state index contributed by atoms with van der Waals surface area (Å²) >= 11 is 0. The molecule has 0 aliphatic carbocycles. The first-order valence-corrected chi connectivity index (χ1v) is 5.61. The minimum absolute atomic E-state index is 0.307. The molecule has 3 rings (SSSR count). The van der Waals surface area contributed by atoms with E-state index in [9.17, 15) is 0 Å². The number of nitrogens with zero attached hydrogens (tertiary/aromatic N) is 3. The van der Waals surface area contributed by atoms with Crippen LogP contribution in [0.25, 0.3) is 21.9 Å². The second-order valence-corrected chi connectivity index (χ2v) is 3.92. The molecule has 2 heterocycles. The van der Waals surface area contributed by atoms with Gasteiger partial charge in [-0.15, -0.1) is 0 Å². The first-order valence-electron chi connectivity index (χ1n) is 5.61. The monoisotopic (exact) mass is 240 g/mol. The van der Waals surface area contributed by atoms with Crippen LogP contribution in [0.15, 0.2) is 30.5 Å². The number of aromatic nitrogens is 3. The van der Waals surface area contributed by atoms with E-state index in [-0.39, 0.29) is 0 Å². The van der Waals surface area contributed by atoms with Gasteiger partial charge in [-0.2, -0.15) is 0 Å². The summed E-state index contributed by atoms with van der Waals surface area (Å²) in [6.07, 6.45) is 1.75. The van der Waals surface area contributed by atoms with Crippen LogP contribution in [0, 0.1) is 0 Å². The summed E-state index contributed by atoms with van der Waals surface area (Å²) in [5, 5.41) is 1.90. The minimum Gasteiger partial charge on any atom is -0.494 e. The van der Waals surface area contributed by atoms with E-state index in [0.29, 0.717) is 18.0 Å². The predicted octanol–water partition coefficient (Wildman–Crippen LogP) is 1.65. The number of fused-ring (bicyclic) bond motifs is 2. The van der Waals surface area contributed by atoms with Gasteiger partial charge < -0.3 is 10.5 Å². The summed E-state index contributed by atoms with van der Waals surface area (Å²) in [6.45, 7) is 0.307. The van der Waals surface area contributed by atoms with Crippen molar-refractivity contribution in [2.75, 3.05) is 7.11 Å². The van der Waals surface area contributed by atoms with Crippen LogP contribution in [0.1, 0.15) is 5.82 Å². The van der Waals surface area contributed by atoms with E-state index in [4.69, 9.17) is 10.5 Å². The van der Waals surface area contributed by atoms with Crippen molar-refractivity contribution in [1.82, 2.24) is 15.0 Å². The van der Waals surface area contributed by atoms with Crippen LogP contribution in [0.5, 0.6) is 5.75 Å². The van der Waals surface area contributed by atoms with Gasteiger partial charge in [-0.05, 0) is 12.1 Å². The van der Waals surface area contributed by atoms with Gasteiger partial charge in [0.25, 0.3) is 0 Å². The van der Waals surface area contributed by atoms with Crippen LogP contribution in [-0.2, 0) is 6.54 Å². The van der Waals surface area contributed by atoms with E-state index in [1.54, 1.807) is 13.3 Å². The Hall–Kier alpha value is -2.27. The third-order valence-corrected chi connectivity index (χ3v) is 2.81. The van der Waals surface area contributed by atoms with Gasteiger partial charge in [0.2, 0.25) is 0 Å². The lowest BCUT2D eigenvalue weighted by Crippen LogP contribution is -2.03. The highest BCUT2D eigenvalue weighted by atomic mass is 16.5. The number of methoxy groups -OCH3 is 1. The highest BCUT2D eigenvalue weighted by Crippen LogP contribution is 2.25. The maximum absolute atomic E-state index is 5.53. The van der Waals surface area contributed by atoms with E-state index in [0.717, 1.165) is 22.0 Å². The SMILES string of the molecule is COc1cccc2cc3cnc(CN)nc3nc12. The van der Waals surface area contributed by atoms with Crippen molar-refractivity contribution >= 4 is 21.9 Å². The molecule has 0 saturated carbocycles. The van der Waals surface area contributed by atoms with Crippen molar-refractivity contribution in [3.05, 3.63) is 36.3 Å². The van der Waals surface area contributed by atoms with Gasteiger partial charge in [0.15, 0.2) is 5.65 Å². The average Bonchev–Trinajstić information content (AvgIpc) is 2.43. The summed E-state index contributed by atoms with van der Waals surface area (Å²) < 4.78 is 5.30. The lowest BCUT2D eigenvalue weighted by atomic mass is 10.2. The van der Waals surface area contributed by atoms with E-state index >= 15 is 0 Å². The number of ether oxygens (including phenoxy) is 1. The smallest absolute Gasteiger partial charge is 0.163 e. The number of hydrogen-bond acceptors (Lipinski definition) is 5. The molecule has 3 aromatic rings. The second-order valence-electron chi connectivity index (χ2n) is 3.92. The van der Waals surface area contributed by atoms with Gasteiger partial charge in [0.1, 0.15) is 17.1 Å². The molecule has 2 N–H and O–H groups in total. The molecule has 0 aliphatic rings. The number of pyridine rings is 1. The molecule has 0 bridgehead atoms. The van der Waals surface area contributed by atoms with Crippen LogP contribution in [0.4, 0.5) is 0 Å². The first kappa shape index (κ1) is 10.9. The topological polar surface area (TPSA) is 73.9 Å². The lowest BCUT2D eigenvalue weighted by Gasteiger charge is -2.06. The Morgan fingerprint density at radius 1 is 1.22 bits per heavy atom. The van der Waals surface area contributed by atoms with Gasteiger partial charge in [0, 0.05) is 17.0 Å². The fourth-order valence-corrected chi connectivity index (χ4v) is 1.92. The van der Waals surface area contributed by atoms with E-state index in [2.05, 4.69) is 15.0 Å². The maximum Gasteiger partial charge on any atom is 0.163 e. The van der Waals surface area contributed by atoms with Crippen LogP contribution in [0.2, 0.25) is 0 Å². The molecule has 18 heavy (non-hydrogen) atoms. The fraction of sp³-hybridized carbons (Fsp3) is 0.154. The molecular weight excluding hydrogens is 228 g/mol. The van der Waals surface area contributed by atoms with Crippen molar-refractivity contribution in [2.45, 2.75) is 6.54 Å². The zero-order chi connectivity index (χ0) is 12.5. The second kappa shape index (κ2) is 4.19. The summed E-state index contributed by atoms with van der Waals surface area (Å²) in [7, 11) is 1.63. The van der Waals surface area contributed by atoms with E-state index in [1.165, 1.54) is 0 Å². The molecule has 0 spiro atoms. The number of para-hydroxylation sites is 1.